The summed E-state index contributed by atoms with van der Waals surface area (Å²) >= 11 is 7.49. The molecule has 0 saturated heterocycles. The second-order valence-electron chi connectivity index (χ2n) is 2.24. The van der Waals surface area contributed by atoms with Crippen LogP contribution in [-0.4, -0.2) is 19.3 Å². The molecule has 0 saturated carbocycles. The number of anilines is 1. The van der Waals surface area contributed by atoms with Crippen LogP contribution in [0.3, 0.4) is 0 Å². The molecule has 3 N–H and O–H groups in total. The van der Waals surface area contributed by atoms with E-state index in [1.165, 1.54) is 23.3 Å². The molecule has 0 aromatic carbocycles. The van der Waals surface area contributed by atoms with Gasteiger partial charge in [0, 0.05) is 12.4 Å². The summed E-state index contributed by atoms with van der Waals surface area (Å²) in [5, 5.41) is 1.32. The molecule has 14 heavy (non-hydrogen) atoms. The second kappa shape index (κ2) is 4.03. The standard InChI is InChI=1S/C6H5N5S3/c7-3-4(9-2-1-8-3)13-5-10-6(12)14-11-5/h1-2H,(H2,7,8)(H,10,11,12). The van der Waals surface area contributed by atoms with Crippen LogP contribution in [0.5, 0.6) is 0 Å². The maximum absolute atomic E-state index is 5.62. The third-order valence-electron chi connectivity index (χ3n) is 1.30. The highest BCUT2D eigenvalue weighted by atomic mass is 32.2. The van der Waals surface area contributed by atoms with Gasteiger partial charge >= 0.3 is 0 Å². The number of nitrogens with two attached hydrogens (primary N) is 1. The van der Waals surface area contributed by atoms with Crippen LogP contribution in [0.25, 0.3) is 0 Å². The lowest BCUT2D eigenvalue weighted by Gasteiger charge is -1.98. The van der Waals surface area contributed by atoms with Gasteiger partial charge in [0.1, 0.15) is 5.03 Å². The molecule has 0 aliphatic rings. The number of nitrogens with one attached hydrogen (secondary N) is 1. The Bertz CT molecular complexity index is 490. The fourth-order valence-corrected chi connectivity index (χ4v) is 2.34. The van der Waals surface area contributed by atoms with E-state index in [-0.39, 0.29) is 0 Å². The SMILES string of the molecule is Nc1nccnc1Sc1nc(=S)s[nH]1. The van der Waals surface area contributed by atoms with Crippen molar-refractivity contribution in [3.8, 4) is 0 Å². The Morgan fingerprint density at radius 3 is 2.86 bits per heavy atom. The van der Waals surface area contributed by atoms with Gasteiger partial charge in [-0.2, -0.15) is 4.98 Å². The number of hydrogen-bond acceptors (Lipinski definition) is 7. The Labute approximate surface area is 93.0 Å². The van der Waals surface area contributed by atoms with Gasteiger partial charge in [0.05, 0.1) is 0 Å². The molecule has 0 unspecified atom stereocenters. The first-order valence-corrected chi connectivity index (χ1v) is 5.59. The third kappa shape index (κ3) is 2.08. The van der Waals surface area contributed by atoms with E-state index in [9.17, 15) is 0 Å². The number of rotatable bonds is 2. The number of nitrogens with zero attached hydrogens (tertiary/aromatic N) is 3. The van der Waals surface area contributed by atoms with Gasteiger partial charge in [-0.1, -0.05) is 0 Å². The van der Waals surface area contributed by atoms with E-state index in [2.05, 4.69) is 19.3 Å². The van der Waals surface area contributed by atoms with Crippen molar-refractivity contribution >= 4 is 41.3 Å². The molecule has 0 aliphatic heterocycles. The van der Waals surface area contributed by atoms with Crippen molar-refractivity contribution in [1.82, 2.24) is 19.3 Å². The van der Waals surface area contributed by atoms with Crippen LogP contribution in [-0.2, 0) is 0 Å². The average molecular weight is 243 g/mol. The molecule has 0 amide bonds. The summed E-state index contributed by atoms with van der Waals surface area (Å²) in [5.74, 6) is 0.393. The Hall–Kier alpha value is -0.990. The molecule has 0 bridgehead atoms. The predicted molar refractivity (Wildman–Crippen MR) is 57.9 cm³/mol. The molecule has 72 valence electrons. The maximum Gasteiger partial charge on any atom is 0.199 e. The van der Waals surface area contributed by atoms with Crippen LogP contribution < -0.4 is 5.73 Å². The van der Waals surface area contributed by atoms with Gasteiger partial charge in [-0.05, 0) is 35.5 Å². The Morgan fingerprint density at radius 2 is 2.21 bits per heavy atom. The van der Waals surface area contributed by atoms with Crippen LogP contribution in [0.1, 0.15) is 0 Å². The zero-order chi connectivity index (χ0) is 9.97. The van der Waals surface area contributed by atoms with E-state index in [1.54, 1.807) is 12.4 Å². The summed E-state index contributed by atoms with van der Waals surface area (Å²) in [6, 6.07) is 0. The summed E-state index contributed by atoms with van der Waals surface area (Å²) in [6.45, 7) is 0. The Morgan fingerprint density at radius 1 is 1.43 bits per heavy atom. The molecule has 0 atom stereocenters. The summed E-state index contributed by atoms with van der Waals surface area (Å²) < 4.78 is 3.51. The van der Waals surface area contributed by atoms with Crippen LogP contribution in [0.4, 0.5) is 5.82 Å². The highest BCUT2D eigenvalue weighted by Crippen LogP contribution is 2.26. The van der Waals surface area contributed by atoms with Gasteiger partial charge in [0.2, 0.25) is 0 Å². The van der Waals surface area contributed by atoms with E-state index in [0.29, 0.717) is 20.0 Å². The smallest absolute Gasteiger partial charge is 0.199 e. The molecule has 2 aromatic rings. The third-order valence-corrected chi connectivity index (χ3v) is 3.23. The van der Waals surface area contributed by atoms with Crippen LogP contribution in [0.2, 0.25) is 0 Å². The van der Waals surface area contributed by atoms with Gasteiger partial charge in [-0.15, -0.1) is 0 Å². The van der Waals surface area contributed by atoms with E-state index >= 15 is 0 Å². The summed E-state index contributed by atoms with van der Waals surface area (Å²) in [5.41, 5.74) is 5.62. The summed E-state index contributed by atoms with van der Waals surface area (Å²) in [4.78, 5) is 12.0. The van der Waals surface area contributed by atoms with Crippen LogP contribution in [0, 0.1) is 3.95 Å². The predicted octanol–water partition coefficient (Wildman–Crippen LogP) is 1.72. The molecular weight excluding hydrogens is 238 g/mol. The fourth-order valence-electron chi connectivity index (χ4n) is 0.766. The van der Waals surface area contributed by atoms with Crippen molar-refractivity contribution in [2.45, 2.75) is 10.2 Å². The molecule has 0 aliphatic carbocycles. The van der Waals surface area contributed by atoms with Crippen molar-refractivity contribution in [3.63, 3.8) is 0 Å². The monoisotopic (exact) mass is 243 g/mol. The molecule has 0 spiro atoms. The van der Waals surface area contributed by atoms with E-state index in [4.69, 9.17) is 18.0 Å². The summed E-state index contributed by atoms with van der Waals surface area (Å²) in [7, 11) is 0. The molecule has 2 aromatic heterocycles. The highest BCUT2D eigenvalue weighted by molar-refractivity contribution is 7.99. The Kier molecular flexibility index (Phi) is 2.75. The lowest BCUT2D eigenvalue weighted by molar-refractivity contribution is 1.03. The second-order valence-corrected chi connectivity index (χ2v) is 4.65. The van der Waals surface area contributed by atoms with Gasteiger partial charge in [-0.25, -0.2) is 9.97 Å². The zero-order valence-electron chi connectivity index (χ0n) is 6.80. The average Bonchev–Trinajstić information content (AvgIpc) is 2.56. The summed E-state index contributed by atoms with van der Waals surface area (Å²) in [6.07, 6.45) is 3.13. The van der Waals surface area contributed by atoms with Crippen LogP contribution >= 0.6 is 35.5 Å². The molecule has 0 fully saturated rings. The van der Waals surface area contributed by atoms with Gasteiger partial charge in [0.15, 0.2) is 14.9 Å². The molecular formula is C6H5N5S3. The van der Waals surface area contributed by atoms with Crippen molar-refractivity contribution in [3.05, 3.63) is 16.3 Å². The topological polar surface area (TPSA) is 80.5 Å². The molecule has 5 nitrogen and oxygen atoms in total. The Balaban J connectivity index is 2.27. The van der Waals surface area contributed by atoms with Gasteiger partial charge in [0.25, 0.3) is 0 Å². The molecule has 2 heterocycles. The van der Waals surface area contributed by atoms with E-state index < -0.39 is 0 Å². The van der Waals surface area contributed by atoms with Crippen molar-refractivity contribution in [2.24, 2.45) is 0 Å². The van der Waals surface area contributed by atoms with Crippen molar-refractivity contribution in [1.29, 1.82) is 0 Å². The van der Waals surface area contributed by atoms with E-state index in [0.717, 1.165) is 0 Å². The zero-order valence-corrected chi connectivity index (χ0v) is 9.25. The van der Waals surface area contributed by atoms with E-state index in [1.807, 2.05) is 0 Å². The van der Waals surface area contributed by atoms with Crippen molar-refractivity contribution < 1.29 is 0 Å². The highest BCUT2D eigenvalue weighted by Gasteiger charge is 2.05. The molecule has 0 radical (unpaired) electrons. The number of H-pyrrole nitrogens is 1. The first-order chi connectivity index (χ1) is 6.75. The fraction of sp³-hybridized carbons (Fsp3) is 0. The van der Waals surface area contributed by atoms with Gasteiger partial charge < -0.3 is 5.73 Å². The number of aromatic amines is 1. The minimum atomic E-state index is 0.393. The molecule has 8 heteroatoms. The van der Waals surface area contributed by atoms with Crippen molar-refractivity contribution in [2.75, 3.05) is 5.73 Å². The lowest BCUT2D eigenvalue weighted by atomic mass is 10.7. The maximum atomic E-state index is 5.62. The van der Waals surface area contributed by atoms with Crippen LogP contribution in [0.15, 0.2) is 22.6 Å². The minimum absolute atomic E-state index is 0.393. The largest absolute Gasteiger partial charge is 0.381 e. The normalized spacial score (nSPS) is 10.3. The first kappa shape index (κ1) is 9.56. The first-order valence-electron chi connectivity index (χ1n) is 3.55. The minimum Gasteiger partial charge on any atom is -0.381 e. The number of hydrogen-bond donors (Lipinski definition) is 2. The quantitative estimate of drug-likeness (QED) is 0.782. The van der Waals surface area contributed by atoms with Gasteiger partial charge in [-0.3, -0.25) is 4.37 Å². The lowest BCUT2D eigenvalue weighted by Crippen LogP contribution is -1.94. The number of aromatic nitrogens is 4. The number of nitrogen functional groups attached to an aromatic ring is 1. The molecule has 2 rings (SSSR count).